The molecule has 9 aromatic carbocycles. The van der Waals surface area contributed by atoms with Gasteiger partial charge in [0.15, 0.2) is 0 Å². The van der Waals surface area contributed by atoms with Gasteiger partial charge in [-0.05, 0) is 104 Å². The van der Waals surface area contributed by atoms with Gasteiger partial charge >= 0.3 is 0 Å². The van der Waals surface area contributed by atoms with Crippen molar-refractivity contribution in [2.24, 2.45) is 0 Å². The summed E-state index contributed by atoms with van der Waals surface area (Å²) >= 11 is 0. The summed E-state index contributed by atoms with van der Waals surface area (Å²) in [5.74, 6) is 1.79. The van der Waals surface area contributed by atoms with Crippen molar-refractivity contribution in [1.82, 2.24) is 0 Å². The third kappa shape index (κ3) is 4.75. The Labute approximate surface area is 321 Å². The third-order valence-electron chi connectivity index (χ3n) is 11.5. The number of hydrogen-bond donors (Lipinski definition) is 0. The molecule has 0 saturated heterocycles. The molecule has 55 heavy (non-hydrogen) atoms. The molecule has 1 aliphatic heterocycles. The van der Waals surface area contributed by atoms with Crippen molar-refractivity contribution in [3.8, 4) is 44.9 Å². The molecule has 1 heterocycles. The fraction of sp³-hybridized carbons (Fsp3) is 0.0189. The summed E-state index contributed by atoms with van der Waals surface area (Å²) in [4.78, 5) is 2.42. The van der Waals surface area contributed by atoms with E-state index in [0.717, 1.165) is 39.7 Å². The van der Waals surface area contributed by atoms with Crippen LogP contribution < -0.4 is 9.64 Å². The number of anilines is 3. The third-order valence-corrected chi connectivity index (χ3v) is 11.5. The Morgan fingerprint density at radius 1 is 0.364 bits per heavy atom. The Bertz CT molecular complexity index is 2850. The van der Waals surface area contributed by atoms with Crippen LogP contribution in [-0.4, -0.2) is 0 Å². The Balaban J connectivity index is 1.12. The molecular formula is C53H35NO. The molecule has 0 amide bonds. The Morgan fingerprint density at radius 3 is 1.69 bits per heavy atom. The van der Waals surface area contributed by atoms with Crippen molar-refractivity contribution in [2.75, 3.05) is 4.90 Å². The molecule has 258 valence electrons. The molecule has 9 aromatic rings. The lowest BCUT2D eigenvalue weighted by molar-refractivity contribution is 0.436. The van der Waals surface area contributed by atoms with E-state index in [2.05, 4.69) is 217 Å². The van der Waals surface area contributed by atoms with Gasteiger partial charge in [-0.15, -0.1) is 0 Å². The van der Waals surface area contributed by atoms with E-state index in [9.17, 15) is 0 Å². The molecule has 1 aliphatic carbocycles. The summed E-state index contributed by atoms with van der Waals surface area (Å²) < 4.78 is 6.61. The van der Waals surface area contributed by atoms with Crippen LogP contribution in [0.1, 0.15) is 22.3 Å². The van der Waals surface area contributed by atoms with E-state index >= 15 is 0 Å². The van der Waals surface area contributed by atoms with Crippen LogP contribution in [0, 0.1) is 0 Å². The number of ether oxygens (including phenoxy) is 1. The van der Waals surface area contributed by atoms with E-state index in [1.807, 2.05) is 0 Å². The first-order chi connectivity index (χ1) is 27.3. The monoisotopic (exact) mass is 701 g/mol. The zero-order chi connectivity index (χ0) is 36.3. The average molecular weight is 702 g/mol. The van der Waals surface area contributed by atoms with Crippen molar-refractivity contribution in [1.29, 1.82) is 0 Å². The summed E-state index contributed by atoms with van der Waals surface area (Å²) in [6, 6.07) is 76.8. The van der Waals surface area contributed by atoms with Gasteiger partial charge in [0.25, 0.3) is 0 Å². The molecule has 2 nitrogen and oxygen atoms in total. The minimum Gasteiger partial charge on any atom is -0.457 e. The normalized spacial score (nSPS) is 13.0. The minimum absolute atomic E-state index is 0.537. The first kappa shape index (κ1) is 31.4. The predicted octanol–water partition coefficient (Wildman–Crippen LogP) is 14.1. The van der Waals surface area contributed by atoms with E-state index in [0.29, 0.717) is 0 Å². The highest BCUT2D eigenvalue weighted by molar-refractivity contribution is 6.01. The highest BCUT2D eigenvalue weighted by Gasteiger charge is 2.51. The highest BCUT2D eigenvalue weighted by atomic mass is 16.5. The lowest BCUT2D eigenvalue weighted by Gasteiger charge is -2.39. The lowest BCUT2D eigenvalue weighted by Crippen LogP contribution is -2.32. The average Bonchev–Trinajstić information content (AvgIpc) is 3.55. The molecule has 0 N–H and O–H groups in total. The number of benzene rings is 9. The van der Waals surface area contributed by atoms with E-state index in [4.69, 9.17) is 4.74 Å². The van der Waals surface area contributed by atoms with Crippen molar-refractivity contribution >= 4 is 27.8 Å². The number of fused-ring (bicyclic) bond motifs is 10. The van der Waals surface area contributed by atoms with Gasteiger partial charge in [-0.2, -0.15) is 0 Å². The molecule has 0 atom stereocenters. The minimum atomic E-state index is -0.537. The first-order valence-electron chi connectivity index (χ1n) is 18.9. The molecule has 0 aromatic heterocycles. The maximum absolute atomic E-state index is 6.61. The van der Waals surface area contributed by atoms with Gasteiger partial charge in [0, 0.05) is 28.1 Å². The van der Waals surface area contributed by atoms with Crippen molar-refractivity contribution in [3.63, 3.8) is 0 Å². The van der Waals surface area contributed by atoms with Crippen LogP contribution in [0.25, 0.3) is 44.2 Å². The van der Waals surface area contributed by atoms with Gasteiger partial charge in [0.2, 0.25) is 0 Å². The Kier molecular flexibility index (Phi) is 7.11. The van der Waals surface area contributed by atoms with Gasteiger partial charge in [-0.3, -0.25) is 0 Å². The quantitative estimate of drug-likeness (QED) is 0.177. The molecule has 11 rings (SSSR count). The number of nitrogens with zero attached hydrogens (tertiary/aromatic N) is 1. The molecule has 0 radical (unpaired) electrons. The molecule has 0 bridgehead atoms. The Hall–Kier alpha value is -7.16. The molecule has 2 aliphatic rings. The van der Waals surface area contributed by atoms with E-state index in [1.165, 1.54) is 55.3 Å². The molecule has 1 spiro atoms. The summed E-state index contributed by atoms with van der Waals surface area (Å²) in [5.41, 5.74) is 15.0. The van der Waals surface area contributed by atoms with E-state index < -0.39 is 5.41 Å². The van der Waals surface area contributed by atoms with Crippen LogP contribution in [0.15, 0.2) is 212 Å². The van der Waals surface area contributed by atoms with Crippen LogP contribution >= 0.6 is 0 Å². The zero-order valence-electron chi connectivity index (χ0n) is 30.1. The van der Waals surface area contributed by atoms with Crippen LogP contribution in [0.2, 0.25) is 0 Å². The standard InChI is InChI=1S/C53H35NO/c1-3-16-36(17-4-1)39-34-38-18-7-8-21-42(38)44(35-39)37-30-32-41(33-31-37)54(40-19-5-2-6-20-40)49-27-15-26-48-52(49)43-22-9-10-23-45(43)53(48)46-24-11-13-28-50(46)55-51-29-14-12-25-47(51)53/h1-35H. The molecule has 0 unspecified atom stereocenters. The zero-order valence-corrected chi connectivity index (χ0v) is 30.1. The van der Waals surface area contributed by atoms with Crippen LogP contribution in [0.3, 0.4) is 0 Å². The largest absolute Gasteiger partial charge is 0.457 e. The van der Waals surface area contributed by atoms with Crippen LogP contribution in [0.5, 0.6) is 11.5 Å². The lowest BCUT2D eigenvalue weighted by atomic mass is 9.66. The fourth-order valence-corrected chi connectivity index (χ4v) is 9.21. The van der Waals surface area contributed by atoms with Crippen LogP contribution in [0.4, 0.5) is 17.1 Å². The highest BCUT2D eigenvalue weighted by Crippen LogP contribution is 2.64. The predicted molar refractivity (Wildman–Crippen MR) is 227 cm³/mol. The van der Waals surface area contributed by atoms with Gasteiger partial charge in [0.1, 0.15) is 11.5 Å². The Morgan fingerprint density at radius 2 is 0.945 bits per heavy atom. The van der Waals surface area contributed by atoms with Crippen molar-refractivity contribution in [2.45, 2.75) is 5.41 Å². The van der Waals surface area contributed by atoms with Gasteiger partial charge in [-0.1, -0.05) is 158 Å². The molecular weight excluding hydrogens is 667 g/mol. The fourth-order valence-electron chi connectivity index (χ4n) is 9.21. The summed E-state index contributed by atoms with van der Waals surface area (Å²) in [6.45, 7) is 0. The van der Waals surface area contributed by atoms with Crippen molar-refractivity contribution < 1.29 is 4.74 Å². The molecule has 2 heteroatoms. The second-order valence-electron chi connectivity index (χ2n) is 14.4. The first-order valence-corrected chi connectivity index (χ1v) is 18.9. The second-order valence-corrected chi connectivity index (χ2v) is 14.4. The maximum Gasteiger partial charge on any atom is 0.132 e. The van der Waals surface area contributed by atoms with Crippen LogP contribution in [-0.2, 0) is 5.41 Å². The van der Waals surface area contributed by atoms with Crippen molar-refractivity contribution in [3.05, 3.63) is 235 Å². The number of rotatable bonds is 5. The van der Waals surface area contributed by atoms with Gasteiger partial charge in [0.05, 0.1) is 11.1 Å². The smallest absolute Gasteiger partial charge is 0.132 e. The second kappa shape index (κ2) is 12.5. The maximum atomic E-state index is 6.61. The van der Waals surface area contributed by atoms with Gasteiger partial charge in [-0.25, -0.2) is 0 Å². The molecule has 0 saturated carbocycles. The summed E-state index contributed by atoms with van der Waals surface area (Å²) in [5, 5.41) is 2.48. The number of hydrogen-bond acceptors (Lipinski definition) is 2. The van der Waals surface area contributed by atoms with E-state index in [1.54, 1.807) is 0 Å². The van der Waals surface area contributed by atoms with E-state index in [-0.39, 0.29) is 0 Å². The molecule has 0 fully saturated rings. The topological polar surface area (TPSA) is 12.5 Å². The van der Waals surface area contributed by atoms with Gasteiger partial charge < -0.3 is 9.64 Å². The summed E-state index contributed by atoms with van der Waals surface area (Å²) in [7, 11) is 0. The number of para-hydroxylation sites is 3. The SMILES string of the molecule is c1ccc(-c2cc(-c3ccc(N(c4ccccc4)c4cccc5c4-c4ccccc4C54c5ccccc5Oc5ccccc54)cc3)c3ccccc3c2)cc1. The summed E-state index contributed by atoms with van der Waals surface area (Å²) in [6.07, 6.45) is 0.